The zero-order valence-electron chi connectivity index (χ0n) is 10.7. The molecule has 0 fully saturated rings. The van der Waals surface area contributed by atoms with Crippen molar-refractivity contribution in [3.8, 4) is 5.75 Å². The Kier molecular flexibility index (Phi) is 4.06. The molecule has 0 bridgehead atoms. The highest BCUT2D eigenvalue weighted by Crippen LogP contribution is 2.24. The molecule has 6 nitrogen and oxygen atoms in total. The van der Waals surface area contributed by atoms with Gasteiger partial charge in [0.05, 0.1) is 5.75 Å². The highest BCUT2D eigenvalue weighted by atomic mass is 32.2. The van der Waals surface area contributed by atoms with E-state index in [0.29, 0.717) is 17.5 Å². The molecule has 0 saturated heterocycles. The molecular formula is C12H15N5OS. The molecule has 0 aliphatic rings. The number of anilines is 2. The van der Waals surface area contributed by atoms with Gasteiger partial charge in [0.25, 0.3) is 0 Å². The molecule has 7 heteroatoms. The van der Waals surface area contributed by atoms with Crippen molar-refractivity contribution in [3.63, 3.8) is 0 Å². The number of nitrogens with zero attached hydrogens (tertiary/aromatic N) is 4. The van der Waals surface area contributed by atoms with E-state index in [1.165, 1.54) is 11.8 Å². The van der Waals surface area contributed by atoms with Crippen molar-refractivity contribution in [1.82, 2.24) is 15.0 Å². The van der Waals surface area contributed by atoms with Gasteiger partial charge < -0.3 is 15.7 Å². The molecular weight excluding hydrogens is 262 g/mol. The zero-order valence-corrected chi connectivity index (χ0v) is 11.6. The molecule has 3 N–H and O–H groups in total. The first-order valence-electron chi connectivity index (χ1n) is 5.64. The van der Waals surface area contributed by atoms with E-state index in [9.17, 15) is 5.11 Å². The first kappa shape index (κ1) is 13.4. The van der Waals surface area contributed by atoms with Crippen molar-refractivity contribution in [2.45, 2.75) is 10.6 Å². The van der Waals surface area contributed by atoms with Crippen LogP contribution < -0.4 is 10.6 Å². The number of aromatic hydroxyl groups is 1. The molecule has 1 aromatic carbocycles. The summed E-state index contributed by atoms with van der Waals surface area (Å²) in [7, 11) is 3.70. The smallest absolute Gasteiger partial charge is 0.229 e. The van der Waals surface area contributed by atoms with Crippen LogP contribution >= 0.6 is 11.8 Å². The van der Waals surface area contributed by atoms with Crippen LogP contribution in [0.25, 0.3) is 0 Å². The van der Waals surface area contributed by atoms with Crippen LogP contribution in [-0.2, 0) is 5.75 Å². The molecule has 0 saturated carbocycles. The lowest BCUT2D eigenvalue weighted by molar-refractivity contribution is 0.474. The number of nitrogen functional groups attached to an aromatic ring is 1. The molecule has 1 heterocycles. The van der Waals surface area contributed by atoms with Crippen LogP contribution in [0.1, 0.15) is 5.82 Å². The number of benzene rings is 1. The van der Waals surface area contributed by atoms with Gasteiger partial charge in [0.15, 0.2) is 0 Å². The van der Waals surface area contributed by atoms with E-state index in [1.807, 2.05) is 20.2 Å². The van der Waals surface area contributed by atoms with E-state index in [0.717, 1.165) is 4.90 Å². The van der Waals surface area contributed by atoms with Crippen LogP contribution in [0.2, 0.25) is 0 Å². The maximum atomic E-state index is 9.39. The van der Waals surface area contributed by atoms with Gasteiger partial charge in [0.2, 0.25) is 11.9 Å². The molecule has 0 spiro atoms. The van der Waals surface area contributed by atoms with Crippen molar-refractivity contribution >= 4 is 23.7 Å². The van der Waals surface area contributed by atoms with E-state index in [4.69, 9.17) is 5.73 Å². The minimum absolute atomic E-state index is 0.213. The Morgan fingerprint density at radius 2 is 2.05 bits per heavy atom. The average molecular weight is 277 g/mol. The third-order valence-electron chi connectivity index (χ3n) is 2.27. The predicted molar refractivity (Wildman–Crippen MR) is 76.2 cm³/mol. The van der Waals surface area contributed by atoms with Gasteiger partial charge in [-0.25, -0.2) is 0 Å². The van der Waals surface area contributed by atoms with Crippen molar-refractivity contribution < 1.29 is 5.11 Å². The number of hydrogen-bond donors (Lipinski definition) is 2. The Bertz CT molecular complexity index is 576. The van der Waals surface area contributed by atoms with Gasteiger partial charge in [-0.15, -0.1) is 11.8 Å². The Hall–Kier alpha value is -2.02. The van der Waals surface area contributed by atoms with E-state index in [-0.39, 0.29) is 11.7 Å². The van der Waals surface area contributed by atoms with E-state index in [2.05, 4.69) is 15.0 Å². The summed E-state index contributed by atoms with van der Waals surface area (Å²) in [4.78, 5) is 15.2. The van der Waals surface area contributed by atoms with Crippen molar-refractivity contribution in [1.29, 1.82) is 0 Å². The summed E-state index contributed by atoms with van der Waals surface area (Å²) in [5.74, 6) is 2.18. The second-order valence-electron chi connectivity index (χ2n) is 4.09. The Morgan fingerprint density at radius 3 is 2.74 bits per heavy atom. The highest BCUT2D eigenvalue weighted by molar-refractivity contribution is 7.98. The molecule has 100 valence electrons. The zero-order chi connectivity index (χ0) is 13.8. The molecule has 0 aliphatic heterocycles. The van der Waals surface area contributed by atoms with Crippen LogP contribution in [0.15, 0.2) is 29.2 Å². The van der Waals surface area contributed by atoms with Crippen LogP contribution in [0.5, 0.6) is 5.75 Å². The first-order valence-corrected chi connectivity index (χ1v) is 6.63. The Morgan fingerprint density at radius 1 is 1.26 bits per heavy atom. The minimum atomic E-state index is 0.213. The summed E-state index contributed by atoms with van der Waals surface area (Å²) in [6.45, 7) is 0. The lowest BCUT2D eigenvalue weighted by Gasteiger charge is -2.11. The molecule has 2 aromatic rings. The average Bonchev–Trinajstić information content (AvgIpc) is 2.36. The fraction of sp³-hybridized carbons (Fsp3) is 0.250. The Balaban J connectivity index is 2.11. The molecule has 1 aromatic heterocycles. The van der Waals surface area contributed by atoms with Gasteiger partial charge in [-0.05, 0) is 18.2 Å². The van der Waals surface area contributed by atoms with Crippen LogP contribution in [0, 0.1) is 0 Å². The fourth-order valence-electron chi connectivity index (χ4n) is 1.41. The summed E-state index contributed by atoms with van der Waals surface area (Å²) >= 11 is 1.53. The maximum absolute atomic E-state index is 9.39. The number of phenols is 1. The van der Waals surface area contributed by atoms with Gasteiger partial charge in [-0.2, -0.15) is 15.0 Å². The predicted octanol–water partition coefficient (Wildman–Crippen LogP) is 1.52. The van der Waals surface area contributed by atoms with Crippen molar-refractivity contribution in [3.05, 3.63) is 30.1 Å². The number of phenolic OH excluding ortho intramolecular Hbond substituents is 1. The normalized spacial score (nSPS) is 10.4. The summed E-state index contributed by atoms with van der Waals surface area (Å²) in [5, 5.41) is 9.39. The number of aromatic nitrogens is 3. The van der Waals surface area contributed by atoms with Crippen LogP contribution in [0.3, 0.4) is 0 Å². The molecule has 0 aliphatic carbocycles. The number of rotatable bonds is 4. The van der Waals surface area contributed by atoms with Gasteiger partial charge in [-0.1, -0.05) is 6.07 Å². The second kappa shape index (κ2) is 5.75. The SMILES string of the molecule is CN(C)c1nc(N)nc(CSc2cccc(O)c2)n1. The van der Waals surface area contributed by atoms with Gasteiger partial charge in [0, 0.05) is 19.0 Å². The number of hydrogen-bond acceptors (Lipinski definition) is 7. The summed E-state index contributed by atoms with van der Waals surface area (Å²) in [6.07, 6.45) is 0. The molecule has 0 amide bonds. The van der Waals surface area contributed by atoms with E-state index < -0.39 is 0 Å². The number of nitrogens with two attached hydrogens (primary N) is 1. The second-order valence-corrected chi connectivity index (χ2v) is 5.14. The van der Waals surface area contributed by atoms with Crippen molar-refractivity contribution in [2.24, 2.45) is 0 Å². The quantitative estimate of drug-likeness (QED) is 0.819. The summed E-state index contributed by atoms with van der Waals surface area (Å²) in [5.41, 5.74) is 5.65. The topological polar surface area (TPSA) is 88.2 Å². The maximum Gasteiger partial charge on any atom is 0.229 e. The molecule has 0 radical (unpaired) electrons. The monoisotopic (exact) mass is 277 g/mol. The van der Waals surface area contributed by atoms with Crippen molar-refractivity contribution in [2.75, 3.05) is 24.7 Å². The third kappa shape index (κ3) is 3.72. The fourth-order valence-corrected chi connectivity index (χ4v) is 2.21. The van der Waals surface area contributed by atoms with E-state index in [1.54, 1.807) is 23.1 Å². The van der Waals surface area contributed by atoms with Gasteiger partial charge in [0.1, 0.15) is 11.6 Å². The molecule has 0 unspecified atom stereocenters. The lowest BCUT2D eigenvalue weighted by atomic mass is 10.3. The van der Waals surface area contributed by atoms with Crippen LogP contribution in [0.4, 0.5) is 11.9 Å². The molecule has 19 heavy (non-hydrogen) atoms. The standard InChI is InChI=1S/C12H15N5OS/c1-17(2)12-15-10(14-11(13)16-12)7-19-9-5-3-4-8(18)6-9/h3-6,18H,7H2,1-2H3,(H2,13,14,15,16). The van der Waals surface area contributed by atoms with Crippen LogP contribution in [-0.4, -0.2) is 34.2 Å². The summed E-state index contributed by atoms with van der Waals surface area (Å²) < 4.78 is 0. The molecule has 0 atom stereocenters. The van der Waals surface area contributed by atoms with Gasteiger partial charge >= 0.3 is 0 Å². The van der Waals surface area contributed by atoms with E-state index >= 15 is 0 Å². The highest BCUT2D eigenvalue weighted by Gasteiger charge is 2.07. The lowest BCUT2D eigenvalue weighted by Crippen LogP contribution is -2.15. The minimum Gasteiger partial charge on any atom is -0.508 e. The first-order chi connectivity index (χ1) is 9.04. The molecule has 2 rings (SSSR count). The largest absolute Gasteiger partial charge is 0.508 e. The van der Waals surface area contributed by atoms with Gasteiger partial charge in [-0.3, -0.25) is 0 Å². The third-order valence-corrected chi connectivity index (χ3v) is 3.26. The number of thioether (sulfide) groups is 1. The Labute approximate surface area is 115 Å². The summed E-state index contributed by atoms with van der Waals surface area (Å²) in [6, 6.07) is 7.05.